The fraction of sp³-hybridized carbons (Fsp3) is 0.143. The van der Waals surface area contributed by atoms with Crippen molar-refractivity contribution in [3.05, 3.63) is 246 Å². The summed E-state index contributed by atoms with van der Waals surface area (Å²) in [4.78, 5) is 45.4. The lowest BCUT2D eigenvalue weighted by molar-refractivity contribution is 0.336. The van der Waals surface area contributed by atoms with E-state index in [1.165, 1.54) is 87.0 Å². The fourth-order valence-corrected chi connectivity index (χ4v) is 15.3. The van der Waals surface area contributed by atoms with Crippen LogP contribution in [0, 0.1) is 17.5 Å². The van der Waals surface area contributed by atoms with Crippen LogP contribution in [0.2, 0.25) is 5.02 Å². The highest BCUT2D eigenvalue weighted by Gasteiger charge is 2.30. The van der Waals surface area contributed by atoms with Crippen molar-refractivity contribution in [1.82, 2.24) is 0 Å². The molecule has 0 aliphatic carbocycles. The van der Waals surface area contributed by atoms with E-state index >= 15 is 0 Å². The summed E-state index contributed by atoms with van der Waals surface area (Å²) in [6.45, 7) is 8.58. The summed E-state index contributed by atoms with van der Waals surface area (Å²) in [5, 5.41) is 1.84. The zero-order valence-corrected chi connectivity index (χ0v) is 57.3. The van der Waals surface area contributed by atoms with Gasteiger partial charge in [-0.2, -0.15) is 0 Å². The number of para-hydroxylation sites is 4. The Labute approximate surface area is 572 Å². The van der Waals surface area contributed by atoms with E-state index in [1.807, 2.05) is 0 Å². The predicted octanol–water partition coefficient (Wildman–Crippen LogP) is 13.2. The van der Waals surface area contributed by atoms with Crippen LogP contribution in [0.25, 0.3) is 43.9 Å². The standard InChI is InChI=1S/C19H18O7S.C17H13ClO5S.C17H12F2O5S.C17H13FO5S/c1-4-25-15-7-5-6-12-10-17(19(20)26-18(12)15)27(21,22)13-8-9-14(23-2)16(11-13)24-3;1-2-22-14-8-3-5-11-9-15(17(19)23-16(11)14)24(20,21)13-7-4-6-12(18)10-13;1-2-23-14-5-3-4-10-6-15(17(20)24-16(10)14)25(21,22)13-8-11(18)7-12(19)9-13;1-2-22-13-8-5-6-11-10-15(17(19)23-16(11)13)24(20,21)14-9-4-3-7-12(14)18/h5-11H,4H2,1-3H3;3-10H,2H2,1H3;3-9H,2H2,1H3;3-10H,2H2,1H3. The van der Waals surface area contributed by atoms with Gasteiger partial charge >= 0.3 is 22.5 Å². The zero-order chi connectivity index (χ0) is 72.4. The first-order chi connectivity index (χ1) is 47.6. The third-order valence-electron chi connectivity index (χ3n) is 14.2. The Morgan fingerprint density at radius 3 is 1.02 bits per heavy atom. The van der Waals surface area contributed by atoms with Gasteiger partial charge in [-0.05, 0) is 131 Å². The number of sulfone groups is 4. The molecule has 0 spiro atoms. The Kier molecular flexibility index (Phi) is 22.8. The third-order valence-corrected chi connectivity index (χ3v) is 21.4. The molecule has 0 saturated carbocycles. The van der Waals surface area contributed by atoms with Crippen LogP contribution in [-0.4, -0.2) is 74.3 Å². The highest BCUT2D eigenvalue weighted by molar-refractivity contribution is 7.92. The van der Waals surface area contributed by atoms with Gasteiger partial charge in [0, 0.05) is 38.7 Å². The average molecular weight is 1470 g/mol. The lowest BCUT2D eigenvalue weighted by Gasteiger charge is -2.11. The van der Waals surface area contributed by atoms with Crippen molar-refractivity contribution in [2.75, 3.05) is 40.6 Å². The van der Waals surface area contributed by atoms with Crippen molar-refractivity contribution in [2.24, 2.45) is 0 Å². The molecular formula is C70H56ClF3O22S4. The molecule has 22 nitrogen and oxygen atoms in total. The van der Waals surface area contributed by atoms with Gasteiger partial charge in [-0.15, -0.1) is 0 Å². The van der Waals surface area contributed by atoms with Crippen LogP contribution >= 0.6 is 11.6 Å². The van der Waals surface area contributed by atoms with Gasteiger partial charge < -0.3 is 46.1 Å². The summed E-state index contributed by atoms with van der Waals surface area (Å²) in [6, 6.07) is 40.9. The van der Waals surface area contributed by atoms with Gasteiger partial charge in [-0.25, -0.2) is 66.0 Å². The molecule has 0 saturated heterocycles. The molecule has 0 bridgehead atoms. The maximum atomic E-state index is 13.8. The summed E-state index contributed by atoms with van der Waals surface area (Å²) in [6.07, 6.45) is 0. The maximum Gasteiger partial charge on any atom is 0.355 e. The second kappa shape index (κ2) is 31.0. The molecule has 4 aromatic heterocycles. The number of halogens is 4. The van der Waals surface area contributed by atoms with E-state index in [-0.39, 0.29) is 48.6 Å². The second-order valence-corrected chi connectivity index (χ2v) is 28.6. The summed E-state index contributed by atoms with van der Waals surface area (Å²) < 4.78 is 195. The Hall–Kier alpha value is -10.7. The molecule has 0 unspecified atom stereocenters. The minimum absolute atomic E-state index is 0.0670. The summed E-state index contributed by atoms with van der Waals surface area (Å²) >= 11 is 5.85. The van der Waals surface area contributed by atoms with Gasteiger partial charge in [0.05, 0.1) is 55.3 Å². The topological polar surface area (TPSA) is 313 Å². The average Bonchev–Trinajstić information content (AvgIpc) is 0.782. The number of benzene rings is 8. The lowest BCUT2D eigenvalue weighted by atomic mass is 10.2. The van der Waals surface area contributed by atoms with Crippen LogP contribution in [0.4, 0.5) is 13.2 Å². The number of hydrogen-bond donors (Lipinski definition) is 0. The van der Waals surface area contributed by atoms with Crippen LogP contribution in [0.3, 0.4) is 0 Å². The van der Waals surface area contributed by atoms with E-state index in [9.17, 15) is 66.0 Å². The molecule has 4 heterocycles. The van der Waals surface area contributed by atoms with Crippen LogP contribution in [-0.2, 0) is 39.3 Å². The van der Waals surface area contributed by atoms with Crippen LogP contribution < -0.4 is 50.9 Å². The van der Waals surface area contributed by atoms with E-state index in [1.54, 1.807) is 100 Å². The van der Waals surface area contributed by atoms with Gasteiger partial charge in [0.2, 0.25) is 39.3 Å². The van der Waals surface area contributed by atoms with Crippen molar-refractivity contribution in [2.45, 2.75) is 66.9 Å². The Morgan fingerprint density at radius 2 is 0.670 bits per heavy atom. The van der Waals surface area contributed by atoms with Gasteiger partial charge in [-0.1, -0.05) is 78.3 Å². The number of hydrogen-bond acceptors (Lipinski definition) is 22. The highest BCUT2D eigenvalue weighted by Crippen LogP contribution is 2.35. The molecule has 0 N–H and O–H groups in total. The quantitative estimate of drug-likeness (QED) is 0.0720. The van der Waals surface area contributed by atoms with Crippen molar-refractivity contribution < 1.29 is 92.9 Å². The SMILES string of the molecule is CCOc1cccc2cc(S(=O)(=O)c3cc(F)cc(F)c3)c(=O)oc12.CCOc1cccc2cc(S(=O)(=O)c3ccc(OC)c(OC)c3)c(=O)oc12.CCOc1cccc2cc(S(=O)(=O)c3cccc(Cl)c3)c(=O)oc12.CCOc1cccc2cc(S(=O)(=O)c3ccccc3F)c(=O)oc12. The largest absolute Gasteiger partial charge is 0.493 e. The second-order valence-electron chi connectivity index (χ2n) is 20.5. The summed E-state index contributed by atoms with van der Waals surface area (Å²) in [5.74, 6) is -1.06. The Morgan fingerprint density at radius 1 is 0.330 bits per heavy atom. The minimum atomic E-state index is -4.46. The number of rotatable bonds is 18. The molecule has 0 amide bonds. The van der Waals surface area contributed by atoms with Crippen LogP contribution in [0.5, 0.6) is 34.5 Å². The molecule has 100 heavy (non-hydrogen) atoms. The Balaban J connectivity index is 0.000000156. The van der Waals surface area contributed by atoms with Gasteiger partial charge in [0.15, 0.2) is 76.4 Å². The molecule has 0 aliphatic heterocycles. The van der Waals surface area contributed by atoms with Crippen molar-refractivity contribution in [3.63, 3.8) is 0 Å². The molecule has 12 rings (SSSR count). The summed E-state index contributed by atoms with van der Waals surface area (Å²) in [7, 11) is -14.1. The highest BCUT2D eigenvalue weighted by atomic mass is 35.5. The van der Waals surface area contributed by atoms with Crippen molar-refractivity contribution >= 4 is 94.8 Å². The molecule has 30 heteroatoms. The predicted molar refractivity (Wildman–Crippen MR) is 360 cm³/mol. The van der Waals surface area contributed by atoms with Gasteiger partial charge in [0.25, 0.3) is 0 Å². The molecule has 520 valence electrons. The fourth-order valence-electron chi connectivity index (χ4n) is 9.68. The molecule has 0 aliphatic rings. The van der Waals surface area contributed by atoms with E-state index in [0.29, 0.717) is 89.2 Å². The number of ether oxygens (including phenoxy) is 6. The number of methoxy groups -OCH3 is 2. The smallest absolute Gasteiger partial charge is 0.355 e. The lowest BCUT2D eigenvalue weighted by Crippen LogP contribution is -2.15. The van der Waals surface area contributed by atoms with Crippen molar-refractivity contribution in [3.8, 4) is 34.5 Å². The molecule has 12 aromatic rings. The van der Waals surface area contributed by atoms with E-state index in [0.717, 1.165) is 18.2 Å². The molecular weight excluding hydrogens is 1410 g/mol. The monoisotopic (exact) mass is 1470 g/mol. The van der Waals surface area contributed by atoms with E-state index < -0.39 is 109 Å². The normalized spacial score (nSPS) is 11.5. The van der Waals surface area contributed by atoms with E-state index in [2.05, 4.69) is 0 Å². The summed E-state index contributed by atoms with van der Waals surface area (Å²) in [5.41, 5.74) is -3.47. The van der Waals surface area contributed by atoms with Gasteiger partial charge in [0.1, 0.15) is 22.3 Å². The molecule has 0 radical (unpaired) electrons. The van der Waals surface area contributed by atoms with Crippen molar-refractivity contribution in [1.29, 1.82) is 0 Å². The van der Waals surface area contributed by atoms with Gasteiger partial charge in [-0.3, -0.25) is 0 Å². The minimum Gasteiger partial charge on any atom is -0.493 e. The number of fused-ring (bicyclic) bond motifs is 4. The molecule has 0 fully saturated rings. The Bertz CT molecular complexity index is 5820. The van der Waals surface area contributed by atoms with Crippen LogP contribution in [0.15, 0.2) is 258 Å². The maximum absolute atomic E-state index is 13.8. The third kappa shape index (κ3) is 15.7. The first-order valence-corrected chi connectivity index (χ1v) is 35.9. The first kappa shape index (κ1) is 73.5. The molecule has 8 aromatic carbocycles. The molecule has 0 atom stereocenters. The van der Waals surface area contributed by atoms with Crippen LogP contribution in [0.1, 0.15) is 27.7 Å². The first-order valence-electron chi connectivity index (χ1n) is 29.6. The van der Waals surface area contributed by atoms with E-state index in [4.69, 9.17) is 57.7 Å². The zero-order valence-electron chi connectivity index (χ0n) is 53.3.